The van der Waals surface area contributed by atoms with E-state index >= 15 is 0 Å². The minimum absolute atomic E-state index is 0.0526. The quantitative estimate of drug-likeness (QED) is 0.381. The highest BCUT2D eigenvalue weighted by molar-refractivity contribution is 6.38. The largest absolute Gasteiger partial charge is 0.494 e. The van der Waals surface area contributed by atoms with Crippen molar-refractivity contribution in [3.8, 4) is 5.75 Å². The standard InChI is InChI=1S/C16H15N3O4/c1-2-23-15-8-6-12(7-9-15)16(18-20)11-17-13-4-3-5-14(10-13)19(21)22/h3-11,20H,2H2,1H3/b17-11?,18-16-. The molecule has 0 aliphatic heterocycles. The molecule has 0 aliphatic carbocycles. The second-order valence-corrected chi connectivity index (χ2v) is 4.48. The topological polar surface area (TPSA) is 97.3 Å². The Bertz CT molecular complexity index is 739. The third-order valence-corrected chi connectivity index (χ3v) is 2.95. The molecule has 0 unspecified atom stereocenters. The maximum atomic E-state index is 10.7. The minimum atomic E-state index is -0.494. The number of hydrogen-bond acceptors (Lipinski definition) is 6. The zero-order chi connectivity index (χ0) is 16.7. The number of nitrogens with zero attached hydrogens (tertiary/aromatic N) is 3. The van der Waals surface area contributed by atoms with Gasteiger partial charge in [0.15, 0.2) is 0 Å². The van der Waals surface area contributed by atoms with Crippen LogP contribution in [0.25, 0.3) is 0 Å². The predicted octanol–water partition coefficient (Wildman–Crippen LogP) is 3.57. The summed E-state index contributed by atoms with van der Waals surface area (Å²) in [5.41, 5.74) is 1.22. The molecule has 0 aliphatic rings. The van der Waals surface area contributed by atoms with Crippen LogP contribution in [0.4, 0.5) is 11.4 Å². The lowest BCUT2D eigenvalue weighted by molar-refractivity contribution is -0.384. The molecule has 0 saturated heterocycles. The molecule has 23 heavy (non-hydrogen) atoms. The van der Waals surface area contributed by atoms with Gasteiger partial charge in [-0.15, -0.1) is 0 Å². The molecule has 7 heteroatoms. The van der Waals surface area contributed by atoms with Gasteiger partial charge in [0.25, 0.3) is 5.69 Å². The molecule has 0 spiro atoms. The lowest BCUT2D eigenvalue weighted by Crippen LogP contribution is -2.02. The SMILES string of the molecule is CCOc1ccc(/C(C=Nc2cccc([N+](=O)[O-])c2)=N\O)cc1. The highest BCUT2D eigenvalue weighted by atomic mass is 16.6. The van der Waals surface area contributed by atoms with Crippen molar-refractivity contribution < 1.29 is 14.9 Å². The summed E-state index contributed by atoms with van der Waals surface area (Å²) in [5.74, 6) is 0.712. The summed E-state index contributed by atoms with van der Waals surface area (Å²) in [7, 11) is 0. The van der Waals surface area contributed by atoms with Crippen LogP contribution in [-0.2, 0) is 0 Å². The van der Waals surface area contributed by atoms with Gasteiger partial charge in [-0.2, -0.15) is 0 Å². The van der Waals surface area contributed by atoms with Gasteiger partial charge in [-0.3, -0.25) is 15.1 Å². The van der Waals surface area contributed by atoms with Crippen molar-refractivity contribution in [3.05, 3.63) is 64.2 Å². The van der Waals surface area contributed by atoms with E-state index in [0.717, 1.165) is 0 Å². The molecule has 0 fully saturated rings. The Balaban J connectivity index is 2.19. The molecule has 7 nitrogen and oxygen atoms in total. The van der Waals surface area contributed by atoms with Crippen LogP contribution in [0.1, 0.15) is 12.5 Å². The van der Waals surface area contributed by atoms with Crippen molar-refractivity contribution in [1.82, 2.24) is 0 Å². The van der Waals surface area contributed by atoms with E-state index in [2.05, 4.69) is 10.1 Å². The van der Waals surface area contributed by atoms with Crippen LogP contribution in [-0.4, -0.2) is 28.7 Å². The van der Waals surface area contributed by atoms with Crippen LogP contribution >= 0.6 is 0 Å². The van der Waals surface area contributed by atoms with Crippen molar-refractivity contribution >= 4 is 23.3 Å². The molecule has 0 saturated carbocycles. The fraction of sp³-hybridized carbons (Fsp3) is 0.125. The number of nitro benzene ring substituents is 1. The summed E-state index contributed by atoms with van der Waals surface area (Å²) >= 11 is 0. The first-order valence-corrected chi connectivity index (χ1v) is 6.88. The Morgan fingerprint density at radius 2 is 2.04 bits per heavy atom. The number of hydrogen-bond donors (Lipinski definition) is 1. The van der Waals surface area contributed by atoms with Crippen LogP contribution in [0.2, 0.25) is 0 Å². The molecule has 0 atom stereocenters. The van der Waals surface area contributed by atoms with Gasteiger partial charge in [0.05, 0.1) is 23.4 Å². The van der Waals surface area contributed by atoms with E-state index in [1.807, 2.05) is 6.92 Å². The minimum Gasteiger partial charge on any atom is -0.494 e. The van der Waals surface area contributed by atoms with Crippen LogP contribution in [0.3, 0.4) is 0 Å². The first kappa shape index (κ1) is 16.2. The van der Waals surface area contributed by atoms with Crippen LogP contribution in [0.15, 0.2) is 58.7 Å². The molecule has 2 aromatic rings. The fourth-order valence-electron chi connectivity index (χ4n) is 1.87. The average molecular weight is 313 g/mol. The van der Waals surface area contributed by atoms with E-state index < -0.39 is 4.92 Å². The second-order valence-electron chi connectivity index (χ2n) is 4.48. The second kappa shape index (κ2) is 7.69. The third kappa shape index (κ3) is 4.37. The Morgan fingerprint density at radius 1 is 1.30 bits per heavy atom. The van der Waals surface area contributed by atoms with E-state index in [4.69, 9.17) is 9.94 Å². The van der Waals surface area contributed by atoms with Crippen molar-refractivity contribution in [2.24, 2.45) is 10.1 Å². The Hall–Kier alpha value is -3.22. The molecule has 0 radical (unpaired) electrons. The number of non-ortho nitro benzene ring substituents is 1. The van der Waals surface area contributed by atoms with Gasteiger partial charge >= 0.3 is 0 Å². The Labute approximate surface area is 132 Å². The molecule has 1 N–H and O–H groups in total. The van der Waals surface area contributed by atoms with E-state index in [-0.39, 0.29) is 11.4 Å². The molecule has 118 valence electrons. The zero-order valence-electron chi connectivity index (χ0n) is 12.4. The molecule has 0 amide bonds. The smallest absolute Gasteiger partial charge is 0.271 e. The maximum Gasteiger partial charge on any atom is 0.271 e. The van der Waals surface area contributed by atoms with Gasteiger partial charge in [-0.1, -0.05) is 11.2 Å². The molecule has 2 rings (SSSR count). The molecular weight excluding hydrogens is 298 g/mol. The first-order valence-electron chi connectivity index (χ1n) is 6.88. The summed E-state index contributed by atoms with van der Waals surface area (Å²) in [4.78, 5) is 14.3. The number of aliphatic imine (C=N–C) groups is 1. The van der Waals surface area contributed by atoms with Crippen molar-refractivity contribution in [1.29, 1.82) is 0 Å². The van der Waals surface area contributed by atoms with Gasteiger partial charge in [-0.05, 0) is 37.3 Å². The highest BCUT2D eigenvalue weighted by Crippen LogP contribution is 2.19. The molecule has 0 heterocycles. The third-order valence-electron chi connectivity index (χ3n) is 2.95. The lowest BCUT2D eigenvalue weighted by Gasteiger charge is -2.04. The summed E-state index contributed by atoms with van der Waals surface area (Å²) in [5, 5.41) is 23.1. The number of rotatable bonds is 6. The molecule has 0 aromatic heterocycles. The first-order chi connectivity index (χ1) is 11.1. The predicted molar refractivity (Wildman–Crippen MR) is 87.2 cm³/mol. The average Bonchev–Trinajstić information content (AvgIpc) is 2.57. The van der Waals surface area contributed by atoms with Gasteiger partial charge < -0.3 is 9.94 Å². The Kier molecular flexibility index (Phi) is 5.40. The zero-order valence-corrected chi connectivity index (χ0v) is 12.4. The number of ether oxygens (including phenoxy) is 1. The number of oxime groups is 1. The lowest BCUT2D eigenvalue weighted by atomic mass is 10.1. The maximum absolute atomic E-state index is 10.7. The van der Waals surface area contributed by atoms with Crippen molar-refractivity contribution in [2.75, 3.05) is 6.61 Å². The summed E-state index contributed by atoms with van der Waals surface area (Å²) in [6.45, 7) is 2.45. The summed E-state index contributed by atoms with van der Waals surface area (Å²) in [6.07, 6.45) is 1.34. The summed E-state index contributed by atoms with van der Waals surface area (Å²) < 4.78 is 5.34. The highest BCUT2D eigenvalue weighted by Gasteiger charge is 2.06. The molecule has 0 bridgehead atoms. The van der Waals surface area contributed by atoms with Gasteiger partial charge in [0, 0.05) is 17.7 Å². The molecule has 2 aromatic carbocycles. The van der Waals surface area contributed by atoms with Gasteiger partial charge in [0.2, 0.25) is 0 Å². The van der Waals surface area contributed by atoms with E-state index in [1.165, 1.54) is 24.4 Å². The van der Waals surface area contributed by atoms with Gasteiger partial charge in [0.1, 0.15) is 11.5 Å². The van der Waals surface area contributed by atoms with Crippen LogP contribution < -0.4 is 4.74 Å². The number of benzene rings is 2. The van der Waals surface area contributed by atoms with Crippen LogP contribution in [0.5, 0.6) is 5.75 Å². The normalized spacial score (nSPS) is 11.6. The number of nitro groups is 1. The van der Waals surface area contributed by atoms with Crippen LogP contribution in [0, 0.1) is 10.1 Å². The van der Waals surface area contributed by atoms with Crippen molar-refractivity contribution in [2.45, 2.75) is 6.92 Å². The molecular formula is C16H15N3O4. The Morgan fingerprint density at radius 3 is 2.65 bits per heavy atom. The van der Waals surface area contributed by atoms with Gasteiger partial charge in [-0.25, -0.2) is 0 Å². The summed E-state index contributed by atoms with van der Waals surface area (Å²) in [6, 6.07) is 12.9. The van der Waals surface area contributed by atoms with E-state index in [0.29, 0.717) is 23.6 Å². The van der Waals surface area contributed by atoms with Crippen molar-refractivity contribution in [3.63, 3.8) is 0 Å². The van der Waals surface area contributed by atoms with E-state index in [9.17, 15) is 10.1 Å². The monoisotopic (exact) mass is 313 g/mol. The fourth-order valence-corrected chi connectivity index (χ4v) is 1.87. The van der Waals surface area contributed by atoms with E-state index in [1.54, 1.807) is 30.3 Å².